The Bertz CT molecular complexity index is 971. The Morgan fingerprint density at radius 2 is 1.74 bits per heavy atom. The molecule has 0 fully saturated rings. The molecular weight excluding hydrogens is 345 g/mol. The average molecular weight is 363 g/mol. The van der Waals surface area contributed by atoms with Crippen molar-refractivity contribution in [2.75, 3.05) is 5.32 Å². The molecule has 27 heavy (non-hydrogen) atoms. The quantitative estimate of drug-likeness (QED) is 0.647. The number of anilines is 2. The number of pyridine rings is 1. The number of nitrogens with one attached hydrogen (secondary N) is 2. The Balaban J connectivity index is 1.66. The summed E-state index contributed by atoms with van der Waals surface area (Å²) < 4.78 is 13.6. The van der Waals surface area contributed by atoms with Crippen molar-refractivity contribution in [3.8, 4) is 0 Å². The molecule has 0 bridgehead atoms. The fourth-order valence-corrected chi connectivity index (χ4v) is 2.50. The number of Topliss-reactive ketones (excluding diaryl/α,β-unsaturated/α-hetero) is 1. The lowest BCUT2D eigenvalue weighted by Gasteiger charge is -2.09. The molecule has 6 heteroatoms. The molecule has 1 heterocycles. The summed E-state index contributed by atoms with van der Waals surface area (Å²) in [5.41, 5.74) is 2.19. The molecule has 0 aliphatic carbocycles. The average Bonchev–Trinajstić information content (AvgIpc) is 2.68. The zero-order valence-electron chi connectivity index (χ0n) is 14.7. The van der Waals surface area contributed by atoms with Gasteiger partial charge in [0, 0.05) is 35.1 Å². The lowest BCUT2D eigenvalue weighted by atomic mass is 10.1. The number of carbonyl (C=O) groups excluding carboxylic acids is 2. The standard InChI is InChI=1S/C21H18FN3O2/c1-14(26)15-6-8-18(9-7-15)25-20-12-16(10-11-23-20)21(27)24-13-17-4-2-3-5-19(17)22/h2-12H,13H2,1H3,(H,23,25)(H,24,27). The number of aromatic nitrogens is 1. The van der Waals surface area contributed by atoms with Gasteiger partial charge < -0.3 is 10.6 Å². The van der Waals surface area contributed by atoms with Crippen LogP contribution in [0.1, 0.15) is 33.2 Å². The molecule has 0 unspecified atom stereocenters. The Labute approximate surface area is 156 Å². The molecule has 0 radical (unpaired) electrons. The van der Waals surface area contributed by atoms with Gasteiger partial charge in [-0.25, -0.2) is 9.37 Å². The van der Waals surface area contributed by atoms with Gasteiger partial charge in [-0.2, -0.15) is 0 Å². The predicted molar refractivity (Wildman–Crippen MR) is 102 cm³/mol. The van der Waals surface area contributed by atoms with Crippen LogP contribution in [0.3, 0.4) is 0 Å². The third-order valence-corrected chi connectivity index (χ3v) is 3.98. The van der Waals surface area contributed by atoms with Crippen LogP contribution in [0.2, 0.25) is 0 Å². The van der Waals surface area contributed by atoms with Crippen LogP contribution in [-0.4, -0.2) is 16.7 Å². The van der Waals surface area contributed by atoms with Crippen LogP contribution in [-0.2, 0) is 6.54 Å². The molecule has 0 aliphatic rings. The van der Waals surface area contributed by atoms with Gasteiger partial charge in [-0.05, 0) is 49.4 Å². The van der Waals surface area contributed by atoms with E-state index in [4.69, 9.17) is 0 Å². The maximum atomic E-state index is 13.6. The molecule has 0 spiro atoms. The van der Waals surface area contributed by atoms with E-state index in [1.807, 2.05) is 0 Å². The number of carbonyl (C=O) groups is 2. The third-order valence-electron chi connectivity index (χ3n) is 3.98. The highest BCUT2D eigenvalue weighted by Crippen LogP contribution is 2.17. The summed E-state index contributed by atoms with van der Waals surface area (Å²) in [5, 5.41) is 5.78. The molecule has 0 atom stereocenters. The molecule has 136 valence electrons. The Hall–Kier alpha value is -3.54. The molecule has 0 saturated carbocycles. The monoisotopic (exact) mass is 363 g/mol. The number of hydrogen-bond acceptors (Lipinski definition) is 4. The highest BCUT2D eigenvalue weighted by atomic mass is 19.1. The molecule has 1 amide bonds. The number of amides is 1. The molecule has 3 rings (SSSR count). The van der Waals surface area contributed by atoms with Crippen molar-refractivity contribution in [3.63, 3.8) is 0 Å². The van der Waals surface area contributed by atoms with Gasteiger partial charge >= 0.3 is 0 Å². The number of nitrogens with zero attached hydrogens (tertiary/aromatic N) is 1. The van der Waals surface area contributed by atoms with Gasteiger partial charge in [-0.1, -0.05) is 18.2 Å². The SMILES string of the molecule is CC(=O)c1ccc(Nc2cc(C(=O)NCc3ccccc3F)ccn2)cc1. The smallest absolute Gasteiger partial charge is 0.251 e. The first-order chi connectivity index (χ1) is 13.0. The van der Waals surface area contributed by atoms with Gasteiger partial charge in [0.2, 0.25) is 0 Å². The molecular formula is C21H18FN3O2. The van der Waals surface area contributed by atoms with Crippen molar-refractivity contribution < 1.29 is 14.0 Å². The lowest BCUT2D eigenvalue weighted by molar-refractivity contribution is 0.0949. The summed E-state index contributed by atoms with van der Waals surface area (Å²) in [4.78, 5) is 27.8. The molecule has 2 aromatic carbocycles. The summed E-state index contributed by atoms with van der Waals surface area (Å²) >= 11 is 0. The van der Waals surface area contributed by atoms with Crippen molar-refractivity contribution in [3.05, 3.63) is 89.4 Å². The van der Waals surface area contributed by atoms with Gasteiger partial charge in [0.1, 0.15) is 11.6 Å². The van der Waals surface area contributed by atoms with E-state index in [1.54, 1.807) is 54.6 Å². The zero-order valence-corrected chi connectivity index (χ0v) is 14.7. The first-order valence-corrected chi connectivity index (χ1v) is 8.38. The largest absolute Gasteiger partial charge is 0.348 e. The summed E-state index contributed by atoms with van der Waals surface area (Å²) in [6.45, 7) is 1.61. The number of benzene rings is 2. The molecule has 3 aromatic rings. The van der Waals surface area contributed by atoms with Crippen LogP contribution >= 0.6 is 0 Å². The summed E-state index contributed by atoms with van der Waals surface area (Å²) in [5.74, 6) is -0.197. The van der Waals surface area contributed by atoms with Crippen molar-refractivity contribution in [2.45, 2.75) is 13.5 Å². The number of hydrogen-bond donors (Lipinski definition) is 2. The second-order valence-corrected chi connectivity index (χ2v) is 5.96. The van der Waals surface area contributed by atoms with Crippen molar-refractivity contribution in [1.29, 1.82) is 0 Å². The van der Waals surface area contributed by atoms with Gasteiger partial charge in [0.25, 0.3) is 5.91 Å². The molecule has 0 saturated heterocycles. The predicted octanol–water partition coefficient (Wildman–Crippen LogP) is 4.10. The van der Waals surface area contributed by atoms with E-state index in [0.717, 1.165) is 5.69 Å². The van der Waals surface area contributed by atoms with E-state index in [-0.39, 0.29) is 24.1 Å². The third kappa shape index (κ3) is 4.76. The second kappa shape index (κ2) is 8.23. The Morgan fingerprint density at radius 1 is 1.00 bits per heavy atom. The Morgan fingerprint density at radius 3 is 2.44 bits per heavy atom. The van der Waals surface area contributed by atoms with Gasteiger partial charge in [-0.15, -0.1) is 0 Å². The lowest BCUT2D eigenvalue weighted by Crippen LogP contribution is -2.23. The van der Waals surface area contributed by atoms with E-state index >= 15 is 0 Å². The zero-order chi connectivity index (χ0) is 19.2. The van der Waals surface area contributed by atoms with E-state index in [0.29, 0.717) is 22.5 Å². The van der Waals surface area contributed by atoms with E-state index in [2.05, 4.69) is 15.6 Å². The van der Waals surface area contributed by atoms with Gasteiger partial charge in [-0.3, -0.25) is 9.59 Å². The van der Waals surface area contributed by atoms with E-state index < -0.39 is 0 Å². The minimum atomic E-state index is -0.358. The topological polar surface area (TPSA) is 71.1 Å². The normalized spacial score (nSPS) is 10.3. The molecule has 5 nitrogen and oxygen atoms in total. The molecule has 2 N–H and O–H groups in total. The molecule has 1 aromatic heterocycles. The van der Waals surface area contributed by atoms with Crippen molar-refractivity contribution in [1.82, 2.24) is 10.3 Å². The van der Waals surface area contributed by atoms with Crippen LogP contribution in [0.25, 0.3) is 0 Å². The van der Waals surface area contributed by atoms with Crippen molar-refractivity contribution >= 4 is 23.2 Å². The van der Waals surface area contributed by atoms with E-state index in [9.17, 15) is 14.0 Å². The summed E-state index contributed by atoms with van der Waals surface area (Å²) in [6, 6.07) is 16.5. The molecule has 0 aliphatic heterocycles. The van der Waals surface area contributed by atoms with Gasteiger partial charge in [0.15, 0.2) is 5.78 Å². The minimum absolute atomic E-state index is 0.00630. The summed E-state index contributed by atoms with van der Waals surface area (Å²) in [6.07, 6.45) is 1.52. The first-order valence-electron chi connectivity index (χ1n) is 8.38. The van der Waals surface area contributed by atoms with Crippen molar-refractivity contribution in [2.24, 2.45) is 0 Å². The fraction of sp³-hybridized carbons (Fsp3) is 0.0952. The van der Waals surface area contributed by atoms with Crippen LogP contribution in [0.4, 0.5) is 15.9 Å². The van der Waals surface area contributed by atoms with Crippen LogP contribution < -0.4 is 10.6 Å². The Kier molecular flexibility index (Phi) is 5.56. The van der Waals surface area contributed by atoms with Crippen LogP contribution in [0, 0.1) is 5.82 Å². The van der Waals surface area contributed by atoms with E-state index in [1.165, 1.54) is 19.2 Å². The van der Waals surface area contributed by atoms with Gasteiger partial charge in [0.05, 0.1) is 0 Å². The summed E-state index contributed by atoms with van der Waals surface area (Å²) in [7, 11) is 0. The number of rotatable bonds is 6. The number of ketones is 1. The highest BCUT2D eigenvalue weighted by Gasteiger charge is 2.09. The second-order valence-electron chi connectivity index (χ2n) is 5.96. The minimum Gasteiger partial charge on any atom is -0.348 e. The van der Waals surface area contributed by atoms with Crippen LogP contribution in [0.5, 0.6) is 0 Å². The van der Waals surface area contributed by atoms with Crippen LogP contribution in [0.15, 0.2) is 66.9 Å². The maximum absolute atomic E-state index is 13.6. The maximum Gasteiger partial charge on any atom is 0.251 e. The highest BCUT2D eigenvalue weighted by molar-refractivity contribution is 5.95. The number of halogens is 1. The fourth-order valence-electron chi connectivity index (χ4n) is 2.50. The first kappa shape index (κ1) is 18.3.